The van der Waals surface area contributed by atoms with Crippen LogP contribution < -0.4 is 10.6 Å². The summed E-state index contributed by atoms with van der Waals surface area (Å²) in [4.78, 5) is 12.2. The summed E-state index contributed by atoms with van der Waals surface area (Å²) in [5, 5.41) is 10.7. The van der Waals surface area contributed by atoms with Crippen molar-refractivity contribution in [3.63, 3.8) is 0 Å². The third-order valence-corrected chi connectivity index (χ3v) is 4.68. The van der Waals surface area contributed by atoms with Crippen LogP contribution in [-0.4, -0.2) is 28.8 Å². The zero-order valence-corrected chi connectivity index (χ0v) is 15.3. The van der Waals surface area contributed by atoms with Gasteiger partial charge in [0.1, 0.15) is 5.82 Å². The summed E-state index contributed by atoms with van der Waals surface area (Å²) in [6.45, 7) is 2.93. The molecule has 1 aromatic carbocycles. The zero-order chi connectivity index (χ0) is 16.6. The van der Waals surface area contributed by atoms with E-state index in [1.807, 2.05) is 28.9 Å². The second-order valence-corrected chi connectivity index (χ2v) is 6.46. The molecule has 5 nitrogen and oxygen atoms in total. The molecule has 2 heterocycles. The minimum atomic E-state index is 0. The Balaban J connectivity index is 0.00000225. The van der Waals surface area contributed by atoms with Crippen molar-refractivity contribution in [2.45, 2.75) is 38.6 Å². The first kappa shape index (κ1) is 19.5. The lowest BCUT2D eigenvalue weighted by Gasteiger charge is -2.22. The van der Waals surface area contributed by atoms with Crippen molar-refractivity contribution in [2.24, 2.45) is 5.92 Å². The van der Waals surface area contributed by atoms with E-state index in [0.29, 0.717) is 12.3 Å². The van der Waals surface area contributed by atoms with Crippen molar-refractivity contribution in [1.82, 2.24) is 15.1 Å². The first-order valence-electron chi connectivity index (χ1n) is 8.87. The van der Waals surface area contributed by atoms with Crippen molar-refractivity contribution >= 4 is 24.1 Å². The minimum Gasteiger partial charge on any atom is -0.317 e. The molecule has 0 aliphatic carbocycles. The van der Waals surface area contributed by atoms with Gasteiger partial charge in [0.2, 0.25) is 5.91 Å². The van der Waals surface area contributed by atoms with Gasteiger partial charge in [-0.1, -0.05) is 30.3 Å². The van der Waals surface area contributed by atoms with Crippen LogP contribution in [0.15, 0.2) is 42.6 Å². The average Bonchev–Trinajstić information content (AvgIpc) is 3.07. The number of halogens is 1. The summed E-state index contributed by atoms with van der Waals surface area (Å²) < 4.78 is 1.87. The van der Waals surface area contributed by atoms with Gasteiger partial charge in [0.15, 0.2) is 0 Å². The molecule has 1 aromatic heterocycles. The highest BCUT2D eigenvalue weighted by molar-refractivity contribution is 5.89. The number of hydrogen-bond acceptors (Lipinski definition) is 3. The molecule has 2 N–H and O–H groups in total. The predicted molar refractivity (Wildman–Crippen MR) is 103 cm³/mol. The molecule has 1 aliphatic heterocycles. The van der Waals surface area contributed by atoms with Crippen molar-refractivity contribution in [1.29, 1.82) is 0 Å². The molecule has 0 saturated carbocycles. The fourth-order valence-electron chi connectivity index (χ4n) is 3.21. The Bertz CT molecular complexity index is 638. The van der Waals surface area contributed by atoms with E-state index in [1.54, 1.807) is 6.20 Å². The monoisotopic (exact) mass is 362 g/mol. The second kappa shape index (κ2) is 10.2. The quantitative estimate of drug-likeness (QED) is 0.794. The van der Waals surface area contributed by atoms with Crippen molar-refractivity contribution in [2.75, 3.05) is 18.4 Å². The largest absolute Gasteiger partial charge is 0.317 e. The molecule has 1 amide bonds. The Morgan fingerprint density at radius 3 is 2.72 bits per heavy atom. The van der Waals surface area contributed by atoms with Crippen LogP contribution in [0.2, 0.25) is 0 Å². The molecule has 1 fully saturated rings. The van der Waals surface area contributed by atoms with Gasteiger partial charge in [-0.15, -0.1) is 12.4 Å². The van der Waals surface area contributed by atoms with Crippen LogP contribution >= 0.6 is 12.4 Å². The molecule has 0 atom stereocenters. The molecule has 1 saturated heterocycles. The van der Waals surface area contributed by atoms with E-state index in [9.17, 15) is 4.79 Å². The molecule has 1 aliphatic rings. The topological polar surface area (TPSA) is 59.0 Å². The van der Waals surface area contributed by atoms with Crippen molar-refractivity contribution < 1.29 is 4.79 Å². The molecule has 6 heteroatoms. The predicted octanol–water partition coefficient (Wildman–Crippen LogP) is 3.27. The number of rotatable bonds is 7. The maximum absolute atomic E-state index is 12.2. The first-order chi connectivity index (χ1) is 11.8. The lowest BCUT2D eigenvalue weighted by atomic mass is 9.93. The van der Waals surface area contributed by atoms with Crippen LogP contribution in [0.1, 0.15) is 31.2 Å². The number of aryl methyl sites for hydroxylation is 2. The number of benzene rings is 1. The van der Waals surface area contributed by atoms with Gasteiger partial charge in [0.25, 0.3) is 0 Å². The highest BCUT2D eigenvalue weighted by atomic mass is 35.5. The standard InChI is InChI=1S/C19H26N4O.ClH/c24-19(7-6-17-8-12-20-13-9-17)22-18-10-14-21-23(18)15-11-16-4-2-1-3-5-16;/h1-5,10,14,17,20H,6-9,11-13,15H2,(H,22,24);1H. The lowest BCUT2D eigenvalue weighted by molar-refractivity contribution is -0.116. The van der Waals surface area contributed by atoms with Gasteiger partial charge in [0, 0.05) is 19.0 Å². The number of hydrogen-bond donors (Lipinski definition) is 2. The molecular formula is C19H27ClN4O. The Hall–Kier alpha value is -1.85. The summed E-state index contributed by atoms with van der Waals surface area (Å²) >= 11 is 0. The van der Waals surface area contributed by atoms with E-state index in [2.05, 4.69) is 27.9 Å². The molecule has 3 rings (SSSR count). The number of anilines is 1. The number of aromatic nitrogens is 2. The number of piperidine rings is 1. The van der Waals surface area contributed by atoms with E-state index in [4.69, 9.17) is 0 Å². The molecule has 2 aromatic rings. The number of carbonyl (C=O) groups excluding carboxylic acids is 1. The Morgan fingerprint density at radius 1 is 1.20 bits per heavy atom. The van der Waals surface area contributed by atoms with Crippen molar-refractivity contribution in [3.05, 3.63) is 48.2 Å². The van der Waals surface area contributed by atoms with Gasteiger partial charge in [-0.05, 0) is 50.3 Å². The molecule has 0 radical (unpaired) electrons. The van der Waals surface area contributed by atoms with E-state index in [0.717, 1.165) is 38.3 Å². The molecule has 0 spiro atoms. The average molecular weight is 363 g/mol. The van der Waals surface area contributed by atoms with Crippen molar-refractivity contribution in [3.8, 4) is 0 Å². The van der Waals surface area contributed by atoms with Gasteiger partial charge in [0.05, 0.1) is 6.20 Å². The van der Waals surface area contributed by atoms with Gasteiger partial charge in [-0.3, -0.25) is 4.79 Å². The van der Waals surface area contributed by atoms with Crippen LogP contribution in [0, 0.1) is 5.92 Å². The maximum Gasteiger partial charge on any atom is 0.225 e. The summed E-state index contributed by atoms with van der Waals surface area (Å²) in [6, 6.07) is 12.2. The molecular weight excluding hydrogens is 336 g/mol. The highest BCUT2D eigenvalue weighted by Crippen LogP contribution is 2.18. The highest BCUT2D eigenvalue weighted by Gasteiger charge is 2.15. The van der Waals surface area contributed by atoms with Crippen LogP contribution in [0.3, 0.4) is 0 Å². The summed E-state index contributed by atoms with van der Waals surface area (Å²) in [7, 11) is 0. The fraction of sp³-hybridized carbons (Fsp3) is 0.474. The number of nitrogens with zero attached hydrogens (tertiary/aromatic N) is 2. The van der Waals surface area contributed by atoms with Gasteiger partial charge >= 0.3 is 0 Å². The van der Waals surface area contributed by atoms with Gasteiger partial charge in [-0.25, -0.2) is 4.68 Å². The number of amides is 1. The fourth-order valence-corrected chi connectivity index (χ4v) is 3.21. The number of nitrogens with one attached hydrogen (secondary N) is 2. The Morgan fingerprint density at radius 2 is 1.96 bits per heavy atom. The second-order valence-electron chi connectivity index (χ2n) is 6.46. The third-order valence-electron chi connectivity index (χ3n) is 4.68. The van der Waals surface area contributed by atoms with Gasteiger partial charge in [-0.2, -0.15) is 5.10 Å². The lowest BCUT2D eigenvalue weighted by Crippen LogP contribution is -2.28. The van der Waals surface area contributed by atoms with Gasteiger partial charge < -0.3 is 10.6 Å². The summed E-state index contributed by atoms with van der Waals surface area (Å²) in [5.74, 6) is 1.57. The first-order valence-corrected chi connectivity index (χ1v) is 8.87. The van der Waals surface area contributed by atoms with E-state index in [1.165, 1.54) is 18.4 Å². The summed E-state index contributed by atoms with van der Waals surface area (Å²) in [5.41, 5.74) is 1.27. The van der Waals surface area contributed by atoms with E-state index in [-0.39, 0.29) is 18.3 Å². The Kier molecular flexibility index (Phi) is 7.95. The molecule has 0 bridgehead atoms. The van der Waals surface area contributed by atoms with Crippen LogP contribution in [0.4, 0.5) is 5.82 Å². The van der Waals surface area contributed by atoms with Crippen LogP contribution in [0.5, 0.6) is 0 Å². The zero-order valence-electron chi connectivity index (χ0n) is 14.5. The minimum absolute atomic E-state index is 0. The van der Waals surface area contributed by atoms with Crippen LogP contribution in [-0.2, 0) is 17.8 Å². The molecule has 136 valence electrons. The SMILES string of the molecule is Cl.O=C(CCC1CCNCC1)Nc1ccnn1CCc1ccccc1. The van der Waals surface area contributed by atoms with E-state index < -0.39 is 0 Å². The van der Waals surface area contributed by atoms with Crippen LogP contribution in [0.25, 0.3) is 0 Å². The maximum atomic E-state index is 12.2. The number of carbonyl (C=O) groups is 1. The molecule has 25 heavy (non-hydrogen) atoms. The van der Waals surface area contributed by atoms with E-state index >= 15 is 0 Å². The third kappa shape index (κ3) is 6.18. The normalized spacial score (nSPS) is 14.7. The smallest absolute Gasteiger partial charge is 0.225 e. The molecule has 0 unspecified atom stereocenters. The Labute approximate surface area is 155 Å². The summed E-state index contributed by atoms with van der Waals surface area (Å²) in [6.07, 6.45) is 6.58.